The third-order valence-electron chi connectivity index (χ3n) is 2.97. The molecule has 1 aromatic rings. The number of benzene rings is 1. The summed E-state index contributed by atoms with van der Waals surface area (Å²) >= 11 is 0. The molecule has 0 aromatic heterocycles. The molecule has 1 atom stereocenters. The number of nitro groups is 1. The number of nitrogens with one attached hydrogen (secondary N) is 1. The number of nitrogens with zero attached hydrogens (tertiary/aromatic N) is 1. The molecule has 0 saturated carbocycles. The van der Waals surface area contributed by atoms with Crippen molar-refractivity contribution in [2.75, 3.05) is 14.2 Å². The highest BCUT2D eigenvalue weighted by Crippen LogP contribution is 2.13. The lowest BCUT2D eigenvalue weighted by Gasteiger charge is -2.15. The van der Waals surface area contributed by atoms with E-state index in [9.17, 15) is 24.5 Å². The molecule has 124 valence electrons. The molecule has 0 unspecified atom stereocenters. The Morgan fingerprint density at radius 3 is 2.52 bits per heavy atom. The Morgan fingerprint density at radius 1 is 1.26 bits per heavy atom. The average Bonchev–Trinajstić information content (AvgIpc) is 2.57. The van der Waals surface area contributed by atoms with Crippen molar-refractivity contribution in [2.45, 2.75) is 18.9 Å². The molecule has 1 aromatic carbocycles. The van der Waals surface area contributed by atoms with Gasteiger partial charge in [-0.3, -0.25) is 19.7 Å². The second-order valence-corrected chi connectivity index (χ2v) is 4.47. The highest BCUT2D eigenvalue weighted by Gasteiger charge is 2.24. The number of methoxy groups -OCH3 is 2. The van der Waals surface area contributed by atoms with E-state index in [0.29, 0.717) is 0 Å². The number of ether oxygens (including phenoxy) is 2. The van der Waals surface area contributed by atoms with E-state index in [1.807, 2.05) is 0 Å². The largest absolute Gasteiger partial charge is 0.469 e. The molecule has 0 aliphatic heterocycles. The molecule has 9 heteroatoms. The highest BCUT2D eigenvalue weighted by atomic mass is 16.6. The molecule has 0 aliphatic carbocycles. The lowest BCUT2D eigenvalue weighted by atomic mass is 10.1. The number of non-ortho nitro benzene ring substituents is 1. The maximum atomic E-state index is 12.1. The van der Waals surface area contributed by atoms with Crippen LogP contribution in [0.1, 0.15) is 23.2 Å². The lowest BCUT2D eigenvalue weighted by molar-refractivity contribution is -0.384. The SMILES string of the molecule is COC(=O)CC[C@@H](NC(=O)c1cccc([N+](=O)[O-])c1)C(=O)OC. The van der Waals surface area contributed by atoms with Crippen LogP contribution in [0, 0.1) is 10.1 Å². The first-order valence-corrected chi connectivity index (χ1v) is 6.59. The molecule has 23 heavy (non-hydrogen) atoms. The van der Waals surface area contributed by atoms with Crippen molar-refractivity contribution in [1.82, 2.24) is 5.32 Å². The van der Waals surface area contributed by atoms with Gasteiger partial charge >= 0.3 is 11.9 Å². The van der Waals surface area contributed by atoms with Crippen LogP contribution in [0.4, 0.5) is 5.69 Å². The summed E-state index contributed by atoms with van der Waals surface area (Å²) in [6.07, 6.45) is -0.106. The topological polar surface area (TPSA) is 125 Å². The summed E-state index contributed by atoms with van der Waals surface area (Å²) in [5, 5.41) is 13.1. The third kappa shape index (κ3) is 5.38. The van der Waals surface area contributed by atoms with Gasteiger partial charge in [-0.15, -0.1) is 0 Å². The van der Waals surface area contributed by atoms with Crippen LogP contribution in [0.2, 0.25) is 0 Å². The lowest BCUT2D eigenvalue weighted by Crippen LogP contribution is -2.41. The Hall–Kier alpha value is -2.97. The first-order chi connectivity index (χ1) is 10.9. The van der Waals surface area contributed by atoms with Gasteiger partial charge in [0.05, 0.1) is 19.1 Å². The number of amides is 1. The van der Waals surface area contributed by atoms with Crippen molar-refractivity contribution in [3.05, 3.63) is 39.9 Å². The molecule has 0 bridgehead atoms. The molecule has 1 N–H and O–H groups in total. The quantitative estimate of drug-likeness (QED) is 0.447. The van der Waals surface area contributed by atoms with Crippen LogP contribution in [0.25, 0.3) is 0 Å². The number of carbonyl (C=O) groups is 3. The van der Waals surface area contributed by atoms with E-state index in [0.717, 1.165) is 13.2 Å². The van der Waals surface area contributed by atoms with Gasteiger partial charge in [-0.1, -0.05) is 6.07 Å². The molecule has 0 aliphatic rings. The van der Waals surface area contributed by atoms with Crippen molar-refractivity contribution in [3.8, 4) is 0 Å². The van der Waals surface area contributed by atoms with E-state index in [-0.39, 0.29) is 24.1 Å². The fourth-order valence-electron chi connectivity index (χ4n) is 1.76. The smallest absolute Gasteiger partial charge is 0.328 e. The van der Waals surface area contributed by atoms with E-state index in [1.165, 1.54) is 25.3 Å². The Morgan fingerprint density at radius 2 is 1.96 bits per heavy atom. The van der Waals surface area contributed by atoms with Crippen LogP contribution in [0.3, 0.4) is 0 Å². The molecule has 0 fully saturated rings. The molecular weight excluding hydrogens is 308 g/mol. The summed E-state index contributed by atoms with van der Waals surface area (Å²) in [5.74, 6) is -1.95. The van der Waals surface area contributed by atoms with Crippen LogP contribution in [-0.4, -0.2) is 43.0 Å². The predicted molar refractivity (Wildman–Crippen MR) is 77.6 cm³/mol. The molecule has 0 spiro atoms. The first-order valence-electron chi connectivity index (χ1n) is 6.59. The van der Waals surface area contributed by atoms with E-state index < -0.39 is 28.8 Å². The third-order valence-corrected chi connectivity index (χ3v) is 2.97. The standard InChI is InChI=1S/C14H16N2O7/c1-22-12(17)7-6-11(14(19)23-2)15-13(18)9-4-3-5-10(8-9)16(20)21/h3-5,8,11H,6-7H2,1-2H3,(H,15,18)/t11-/m1/s1. The molecule has 0 radical (unpaired) electrons. The Kier molecular flexibility index (Phi) is 6.66. The number of nitro benzene ring substituents is 1. The normalized spacial score (nSPS) is 11.2. The number of hydrogen-bond acceptors (Lipinski definition) is 7. The van der Waals surface area contributed by atoms with E-state index in [4.69, 9.17) is 0 Å². The average molecular weight is 324 g/mol. The van der Waals surface area contributed by atoms with Gasteiger partial charge in [0.1, 0.15) is 6.04 Å². The summed E-state index contributed by atoms with van der Waals surface area (Å²) < 4.78 is 9.03. The van der Waals surface area contributed by atoms with Crippen molar-refractivity contribution >= 4 is 23.5 Å². The number of hydrogen-bond donors (Lipinski definition) is 1. The van der Waals surface area contributed by atoms with E-state index in [1.54, 1.807) is 0 Å². The highest BCUT2D eigenvalue weighted by molar-refractivity contribution is 5.97. The number of carbonyl (C=O) groups excluding carboxylic acids is 3. The Balaban J connectivity index is 2.83. The summed E-state index contributed by atoms with van der Waals surface area (Å²) in [4.78, 5) is 45.0. The maximum absolute atomic E-state index is 12.1. The van der Waals surface area contributed by atoms with Gasteiger partial charge in [-0.05, 0) is 12.5 Å². The van der Waals surface area contributed by atoms with Gasteiger partial charge < -0.3 is 14.8 Å². The number of esters is 2. The summed E-state index contributed by atoms with van der Waals surface area (Å²) in [6, 6.07) is 3.99. The van der Waals surface area contributed by atoms with Crippen LogP contribution >= 0.6 is 0 Å². The minimum atomic E-state index is -1.06. The maximum Gasteiger partial charge on any atom is 0.328 e. The zero-order valence-corrected chi connectivity index (χ0v) is 12.6. The number of rotatable bonds is 7. The van der Waals surface area contributed by atoms with Gasteiger partial charge in [0.25, 0.3) is 11.6 Å². The van der Waals surface area contributed by atoms with Crippen LogP contribution in [-0.2, 0) is 19.1 Å². The van der Waals surface area contributed by atoms with Crippen molar-refractivity contribution in [1.29, 1.82) is 0 Å². The second-order valence-electron chi connectivity index (χ2n) is 4.47. The molecule has 1 rings (SSSR count). The zero-order chi connectivity index (χ0) is 17.4. The van der Waals surface area contributed by atoms with Crippen molar-refractivity contribution in [2.24, 2.45) is 0 Å². The fourth-order valence-corrected chi connectivity index (χ4v) is 1.76. The van der Waals surface area contributed by atoms with Crippen LogP contribution < -0.4 is 5.32 Å². The van der Waals surface area contributed by atoms with Gasteiger partial charge in [-0.2, -0.15) is 0 Å². The Labute approximate surface area is 131 Å². The molecule has 0 heterocycles. The van der Waals surface area contributed by atoms with Crippen molar-refractivity contribution < 1.29 is 28.8 Å². The van der Waals surface area contributed by atoms with Gasteiger partial charge in [-0.25, -0.2) is 4.79 Å². The Bertz CT molecular complexity index is 615. The van der Waals surface area contributed by atoms with Crippen molar-refractivity contribution in [3.63, 3.8) is 0 Å². The predicted octanol–water partition coefficient (Wildman–Crippen LogP) is 0.819. The summed E-state index contributed by atoms with van der Waals surface area (Å²) in [7, 11) is 2.35. The van der Waals surface area contributed by atoms with Crippen LogP contribution in [0.15, 0.2) is 24.3 Å². The monoisotopic (exact) mass is 324 g/mol. The van der Waals surface area contributed by atoms with Gasteiger partial charge in [0, 0.05) is 24.1 Å². The van der Waals surface area contributed by atoms with Gasteiger partial charge in [0.15, 0.2) is 0 Å². The van der Waals surface area contributed by atoms with E-state index >= 15 is 0 Å². The molecule has 1 amide bonds. The van der Waals surface area contributed by atoms with E-state index in [2.05, 4.69) is 14.8 Å². The summed E-state index contributed by atoms with van der Waals surface area (Å²) in [5.41, 5.74) is -0.229. The fraction of sp³-hybridized carbons (Fsp3) is 0.357. The first kappa shape index (κ1) is 18.1. The molecule has 0 saturated heterocycles. The zero-order valence-electron chi connectivity index (χ0n) is 12.6. The van der Waals surface area contributed by atoms with Crippen LogP contribution in [0.5, 0.6) is 0 Å². The van der Waals surface area contributed by atoms with Gasteiger partial charge in [0.2, 0.25) is 0 Å². The minimum absolute atomic E-state index is 0.0139. The summed E-state index contributed by atoms with van der Waals surface area (Å²) in [6.45, 7) is 0. The molecule has 9 nitrogen and oxygen atoms in total. The second kappa shape index (κ2) is 8.47. The minimum Gasteiger partial charge on any atom is -0.469 e. The molecular formula is C14H16N2O7.